The maximum atomic E-state index is 14.7. The summed E-state index contributed by atoms with van der Waals surface area (Å²) in [7, 11) is 0. The molecule has 0 amide bonds. The standard InChI is InChI=1S/C33H21Cl2F4N3O/c1-19-8-10-21(11-9-19)31-30-26(33(37,38)39)17-29(40-32(30)42(41-31)23-5-2-4-22(34)16-23)20-12-14-24(15-13-20)43-18-25-27(35)6-3-7-28(25)36/h2-17H,18H2,1H3. The van der Waals surface area contributed by atoms with Gasteiger partial charge in [-0.1, -0.05) is 65.2 Å². The molecule has 0 aliphatic carbocycles. The fraction of sp³-hybridized carbons (Fsp3) is 0.0909. The summed E-state index contributed by atoms with van der Waals surface area (Å²) in [6.45, 7) is 1.78. The van der Waals surface area contributed by atoms with Gasteiger partial charge in [0.05, 0.1) is 27.4 Å². The molecule has 6 rings (SSSR count). The lowest BCUT2D eigenvalue weighted by molar-refractivity contribution is -0.136. The number of fused-ring (bicyclic) bond motifs is 1. The predicted molar refractivity (Wildman–Crippen MR) is 160 cm³/mol. The van der Waals surface area contributed by atoms with Gasteiger partial charge in [0, 0.05) is 21.7 Å². The van der Waals surface area contributed by atoms with Gasteiger partial charge in [-0.15, -0.1) is 0 Å². The highest BCUT2D eigenvalue weighted by Gasteiger charge is 2.36. The summed E-state index contributed by atoms with van der Waals surface area (Å²) in [5.74, 6) is -0.117. The minimum Gasteiger partial charge on any atom is -0.489 e. The molecule has 0 saturated heterocycles. The first kappa shape index (κ1) is 28.7. The molecule has 0 saturated carbocycles. The van der Waals surface area contributed by atoms with Crippen molar-refractivity contribution in [2.24, 2.45) is 0 Å². The minimum absolute atomic E-state index is 0.0252. The molecule has 10 heteroatoms. The number of ether oxygens (including phenoxy) is 1. The molecule has 0 aliphatic heterocycles. The lowest BCUT2D eigenvalue weighted by atomic mass is 10.0. The summed E-state index contributed by atoms with van der Waals surface area (Å²) in [4.78, 5) is 4.69. The van der Waals surface area contributed by atoms with Gasteiger partial charge in [-0.25, -0.2) is 14.1 Å². The molecule has 0 atom stereocenters. The van der Waals surface area contributed by atoms with Crippen molar-refractivity contribution in [1.82, 2.24) is 14.8 Å². The lowest BCUT2D eigenvalue weighted by Gasteiger charge is -2.13. The van der Waals surface area contributed by atoms with Crippen molar-refractivity contribution in [2.75, 3.05) is 0 Å². The van der Waals surface area contributed by atoms with Gasteiger partial charge < -0.3 is 4.74 Å². The van der Waals surface area contributed by atoms with E-state index in [1.165, 1.54) is 16.8 Å². The summed E-state index contributed by atoms with van der Waals surface area (Å²) in [6, 6.07) is 25.5. The second-order valence-electron chi connectivity index (χ2n) is 9.87. The van der Waals surface area contributed by atoms with Crippen LogP contribution in [-0.4, -0.2) is 14.8 Å². The predicted octanol–water partition coefficient (Wildman–Crippen LogP) is 10.1. The van der Waals surface area contributed by atoms with Crippen molar-refractivity contribution in [1.29, 1.82) is 0 Å². The molecule has 43 heavy (non-hydrogen) atoms. The van der Waals surface area contributed by atoms with Crippen molar-refractivity contribution in [3.8, 4) is 34.0 Å². The third-order valence-corrected chi connectivity index (χ3v) is 7.51. The Morgan fingerprint density at radius 2 is 1.53 bits per heavy atom. The number of aromatic nitrogens is 3. The number of alkyl halides is 3. The second kappa shape index (κ2) is 11.4. The van der Waals surface area contributed by atoms with Crippen molar-refractivity contribution in [3.63, 3.8) is 0 Å². The van der Waals surface area contributed by atoms with Gasteiger partial charge in [-0.2, -0.15) is 18.3 Å². The maximum absolute atomic E-state index is 14.7. The Bertz CT molecular complexity index is 1930. The number of benzene rings is 4. The monoisotopic (exact) mass is 621 g/mol. The van der Waals surface area contributed by atoms with Crippen LogP contribution in [0.25, 0.3) is 39.2 Å². The number of halogens is 6. The minimum atomic E-state index is -4.71. The van der Waals surface area contributed by atoms with Crippen LogP contribution < -0.4 is 4.74 Å². The second-order valence-corrected chi connectivity index (χ2v) is 10.7. The highest BCUT2D eigenvalue weighted by molar-refractivity contribution is 6.31. The zero-order valence-corrected chi connectivity index (χ0v) is 24.0. The Morgan fingerprint density at radius 1 is 0.837 bits per heavy atom. The third-order valence-electron chi connectivity index (χ3n) is 6.92. The molecule has 0 N–H and O–H groups in total. The first-order valence-corrected chi connectivity index (χ1v) is 13.8. The van der Waals surface area contributed by atoms with Gasteiger partial charge in [0.15, 0.2) is 5.65 Å². The number of aryl methyl sites for hydroxylation is 1. The maximum Gasteiger partial charge on any atom is 0.417 e. The Balaban J connectivity index is 1.48. The van der Waals surface area contributed by atoms with Crippen LogP contribution in [0, 0.1) is 12.7 Å². The van der Waals surface area contributed by atoms with Crippen LogP contribution in [0.4, 0.5) is 17.6 Å². The molecule has 2 heterocycles. The summed E-state index contributed by atoms with van der Waals surface area (Å²) < 4.78 is 65.3. The zero-order valence-electron chi connectivity index (χ0n) is 22.5. The van der Waals surface area contributed by atoms with Gasteiger partial charge in [0.1, 0.15) is 23.9 Å². The number of hydrogen-bond donors (Lipinski definition) is 0. The van der Waals surface area contributed by atoms with Crippen LogP contribution in [0.1, 0.15) is 16.7 Å². The molecule has 4 aromatic carbocycles. The van der Waals surface area contributed by atoms with E-state index >= 15 is 0 Å². The van der Waals surface area contributed by atoms with E-state index in [9.17, 15) is 17.6 Å². The van der Waals surface area contributed by atoms with Gasteiger partial charge >= 0.3 is 6.18 Å². The molecular formula is C33H21Cl2F4N3O. The largest absolute Gasteiger partial charge is 0.489 e. The van der Waals surface area contributed by atoms with E-state index in [0.29, 0.717) is 27.6 Å². The molecule has 0 spiro atoms. The molecule has 0 fully saturated rings. The quantitative estimate of drug-likeness (QED) is 0.174. The van der Waals surface area contributed by atoms with Gasteiger partial charge in [0.25, 0.3) is 0 Å². The van der Waals surface area contributed by atoms with E-state index in [1.807, 2.05) is 19.1 Å². The van der Waals surface area contributed by atoms with Crippen LogP contribution in [0.2, 0.25) is 10.0 Å². The Hall–Kier alpha value is -4.40. The van der Waals surface area contributed by atoms with Crippen LogP contribution >= 0.6 is 23.2 Å². The Kier molecular flexibility index (Phi) is 7.58. The number of nitrogens with zero attached hydrogens (tertiary/aromatic N) is 3. The molecule has 4 nitrogen and oxygen atoms in total. The van der Waals surface area contributed by atoms with Crippen molar-refractivity contribution < 1.29 is 22.3 Å². The van der Waals surface area contributed by atoms with E-state index in [0.717, 1.165) is 11.6 Å². The molecule has 0 radical (unpaired) electrons. The number of pyridine rings is 1. The average Bonchev–Trinajstić information content (AvgIpc) is 3.36. The van der Waals surface area contributed by atoms with E-state index < -0.39 is 17.6 Å². The SMILES string of the molecule is Cc1ccc(-c2nn(-c3cccc(Cl)c3)c3nc(-c4ccc(OCc5c(F)cccc5Cl)cc4)cc(C(F)(F)F)c23)cc1. The van der Waals surface area contributed by atoms with Crippen molar-refractivity contribution in [2.45, 2.75) is 19.7 Å². The van der Waals surface area contributed by atoms with E-state index in [1.54, 1.807) is 66.7 Å². The first-order chi connectivity index (χ1) is 20.6. The van der Waals surface area contributed by atoms with Crippen molar-refractivity contribution in [3.05, 3.63) is 130 Å². The number of rotatable bonds is 6. The smallest absolute Gasteiger partial charge is 0.417 e. The third kappa shape index (κ3) is 5.81. The fourth-order valence-electron chi connectivity index (χ4n) is 4.74. The normalized spacial score (nSPS) is 11.7. The first-order valence-electron chi connectivity index (χ1n) is 13.1. The van der Waals surface area contributed by atoms with Gasteiger partial charge in [0.2, 0.25) is 0 Å². The molecule has 0 unspecified atom stereocenters. The molecule has 0 bridgehead atoms. The molecule has 216 valence electrons. The summed E-state index contributed by atoms with van der Waals surface area (Å²) in [5, 5.41) is 5.13. The zero-order chi connectivity index (χ0) is 30.3. The number of hydrogen-bond acceptors (Lipinski definition) is 3. The van der Waals surface area contributed by atoms with E-state index in [-0.39, 0.29) is 39.6 Å². The highest BCUT2D eigenvalue weighted by Crippen LogP contribution is 2.42. The Labute approximate surface area is 254 Å². The molecular weight excluding hydrogens is 601 g/mol. The summed E-state index contributed by atoms with van der Waals surface area (Å²) in [5.41, 5.74) is 1.95. The highest BCUT2D eigenvalue weighted by atomic mass is 35.5. The molecule has 6 aromatic rings. The van der Waals surface area contributed by atoms with Gasteiger partial charge in [-0.3, -0.25) is 0 Å². The van der Waals surface area contributed by atoms with E-state index in [2.05, 4.69) is 10.1 Å². The van der Waals surface area contributed by atoms with Crippen LogP contribution in [0.5, 0.6) is 5.75 Å². The topological polar surface area (TPSA) is 39.9 Å². The summed E-state index contributed by atoms with van der Waals surface area (Å²) in [6.07, 6.45) is -4.71. The van der Waals surface area contributed by atoms with Crippen LogP contribution in [0.3, 0.4) is 0 Å². The van der Waals surface area contributed by atoms with Crippen molar-refractivity contribution >= 4 is 34.2 Å². The fourth-order valence-corrected chi connectivity index (χ4v) is 5.14. The average molecular weight is 622 g/mol. The van der Waals surface area contributed by atoms with Crippen LogP contribution in [0.15, 0.2) is 97.1 Å². The molecule has 2 aromatic heterocycles. The Morgan fingerprint density at radius 3 is 2.21 bits per heavy atom. The lowest BCUT2D eigenvalue weighted by Crippen LogP contribution is -2.08. The van der Waals surface area contributed by atoms with Gasteiger partial charge in [-0.05, 0) is 67.6 Å². The van der Waals surface area contributed by atoms with Crippen LogP contribution in [-0.2, 0) is 12.8 Å². The molecule has 0 aliphatic rings. The summed E-state index contributed by atoms with van der Waals surface area (Å²) >= 11 is 12.3. The van der Waals surface area contributed by atoms with E-state index in [4.69, 9.17) is 27.9 Å².